The molecule has 3 heteroatoms. The molecule has 2 aromatic carbocycles. The van der Waals surface area contributed by atoms with Crippen LogP contribution in [0.3, 0.4) is 0 Å². The van der Waals surface area contributed by atoms with Gasteiger partial charge >= 0.3 is 0 Å². The van der Waals surface area contributed by atoms with Gasteiger partial charge in [0, 0.05) is 11.7 Å². The Labute approximate surface area is 120 Å². The van der Waals surface area contributed by atoms with Gasteiger partial charge in [-0.2, -0.15) is 0 Å². The Bertz CT molecular complexity index is 537. The second-order valence-corrected chi connectivity index (χ2v) is 4.82. The number of hydrogen-bond donors (Lipinski definition) is 2. The van der Waals surface area contributed by atoms with Crippen LogP contribution in [0.15, 0.2) is 48.5 Å². The van der Waals surface area contributed by atoms with Gasteiger partial charge in [0.25, 0.3) is 0 Å². The van der Waals surface area contributed by atoms with Crippen LogP contribution in [0.1, 0.15) is 24.1 Å². The van der Waals surface area contributed by atoms with E-state index in [1.54, 1.807) is 0 Å². The monoisotopic (exact) mass is 271 g/mol. The van der Waals surface area contributed by atoms with Gasteiger partial charge in [-0.05, 0) is 49.2 Å². The lowest BCUT2D eigenvalue weighted by Crippen LogP contribution is -2.08. The van der Waals surface area contributed by atoms with Crippen molar-refractivity contribution in [3.8, 4) is 5.75 Å². The van der Waals surface area contributed by atoms with Crippen molar-refractivity contribution in [3.63, 3.8) is 0 Å². The first-order valence-corrected chi connectivity index (χ1v) is 6.86. The molecule has 0 heterocycles. The summed E-state index contributed by atoms with van der Waals surface area (Å²) in [4.78, 5) is 0. The molecule has 0 aliphatic heterocycles. The number of hydrogen-bond acceptors (Lipinski definition) is 3. The highest BCUT2D eigenvalue weighted by molar-refractivity contribution is 5.48. The number of aryl methyl sites for hydroxylation is 1. The second kappa shape index (κ2) is 6.96. The van der Waals surface area contributed by atoms with Crippen molar-refractivity contribution in [2.24, 2.45) is 0 Å². The van der Waals surface area contributed by atoms with Crippen LogP contribution in [0.2, 0.25) is 0 Å². The van der Waals surface area contributed by atoms with E-state index in [0.717, 1.165) is 11.4 Å². The lowest BCUT2D eigenvalue weighted by atomic mass is 10.0. The molecule has 1 unspecified atom stereocenters. The lowest BCUT2D eigenvalue weighted by Gasteiger charge is -2.18. The largest absolute Gasteiger partial charge is 0.491 e. The van der Waals surface area contributed by atoms with Gasteiger partial charge in [-0.15, -0.1) is 0 Å². The van der Waals surface area contributed by atoms with Crippen LogP contribution < -0.4 is 10.1 Å². The van der Waals surface area contributed by atoms with E-state index in [9.17, 15) is 0 Å². The number of aliphatic hydroxyl groups is 1. The summed E-state index contributed by atoms with van der Waals surface area (Å²) < 4.78 is 5.34. The van der Waals surface area contributed by atoms with Crippen molar-refractivity contribution < 1.29 is 9.84 Å². The number of nitrogens with one attached hydrogen (secondary N) is 1. The molecule has 2 aromatic rings. The topological polar surface area (TPSA) is 41.5 Å². The quantitative estimate of drug-likeness (QED) is 0.844. The maximum absolute atomic E-state index is 8.72. The molecular formula is C17H21NO2. The van der Waals surface area contributed by atoms with Crippen LogP contribution in [-0.4, -0.2) is 18.3 Å². The predicted octanol–water partition coefficient (Wildman–Crippen LogP) is 3.54. The minimum Gasteiger partial charge on any atom is -0.491 e. The first-order valence-electron chi connectivity index (χ1n) is 6.86. The van der Waals surface area contributed by atoms with Crippen LogP contribution >= 0.6 is 0 Å². The Morgan fingerprint density at radius 2 is 1.80 bits per heavy atom. The fourth-order valence-electron chi connectivity index (χ4n) is 2.21. The smallest absolute Gasteiger partial charge is 0.119 e. The molecule has 2 rings (SSSR count). The zero-order valence-corrected chi connectivity index (χ0v) is 12.0. The highest BCUT2D eigenvalue weighted by Crippen LogP contribution is 2.23. The number of rotatable bonds is 6. The molecule has 3 nitrogen and oxygen atoms in total. The average Bonchev–Trinajstić information content (AvgIpc) is 2.47. The summed E-state index contributed by atoms with van der Waals surface area (Å²) in [7, 11) is 0. The van der Waals surface area contributed by atoms with E-state index in [1.807, 2.05) is 24.3 Å². The van der Waals surface area contributed by atoms with E-state index in [-0.39, 0.29) is 12.6 Å². The van der Waals surface area contributed by atoms with Gasteiger partial charge in [-0.1, -0.05) is 24.3 Å². The Morgan fingerprint density at radius 3 is 2.45 bits per heavy atom. The third-order valence-corrected chi connectivity index (χ3v) is 3.25. The van der Waals surface area contributed by atoms with E-state index in [1.165, 1.54) is 11.1 Å². The molecule has 0 saturated carbocycles. The van der Waals surface area contributed by atoms with Gasteiger partial charge in [-0.25, -0.2) is 0 Å². The van der Waals surface area contributed by atoms with E-state index >= 15 is 0 Å². The number of benzene rings is 2. The standard InChI is InChI=1S/C17H21NO2/c1-13-5-3-4-6-17(13)14(2)18-15-7-9-16(10-8-15)20-12-11-19/h3-10,14,18-19H,11-12H2,1-2H3. The van der Waals surface area contributed by atoms with Crippen molar-refractivity contribution in [2.45, 2.75) is 19.9 Å². The van der Waals surface area contributed by atoms with Crippen molar-refractivity contribution in [1.82, 2.24) is 0 Å². The molecule has 0 fully saturated rings. The van der Waals surface area contributed by atoms with Gasteiger partial charge < -0.3 is 15.2 Å². The molecule has 0 radical (unpaired) electrons. The summed E-state index contributed by atoms with van der Waals surface area (Å²) in [6.07, 6.45) is 0. The van der Waals surface area contributed by atoms with Gasteiger partial charge in [0.05, 0.1) is 6.61 Å². The van der Waals surface area contributed by atoms with Gasteiger partial charge in [0.1, 0.15) is 12.4 Å². The maximum Gasteiger partial charge on any atom is 0.119 e. The first kappa shape index (κ1) is 14.4. The number of anilines is 1. The molecule has 1 atom stereocenters. The molecule has 106 valence electrons. The molecule has 0 saturated heterocycles. The molecule has 0 bridgehead atoms. The van der Waals surface area contributed by atoms with Crippen LogP contribution in [0.4, 0.5) is 5.69 Å². The van der Waals surface area contributed by atoms with E-state index in [0.29, 0.717) is 6.61 Å². The molecule has 0 spiro atoms. The van der Waals surface area contributed by atoms with Crippen molar-refractivity contribution in [3.05, 3.63) is 59.7 Å². The van der Waals surface area contributed by atoms with Crippen molar-refractivity contribution in [2.75, 3.05) is 18.5 Å². The third kappa shape index (κ3) is 3.75. The SMILES string of the molecule is Cc1ccccc1C(C)Nc1ccc(OCCO)cc1. The Balaban J connectivity index is 2.01. The maximum atomic E-state index is 8.72. The van der Waals surface area contributed by atoms with Gasteiger partial charge in [0.2, 0.25) is 0 Å². The summed E-state index contributed by atoms with van der Waals surface area (Å²) >= 11 is 0. The average molecular weight is 271 g/mol. The van der Waals surface area contributed by atoms with E-state index in [4.69, 9.17) is 9.84 Å². The van der Waals surface area contributed by atoms with Gasteiger partial charge in [0.15, 0.2) is 0 Å². The molecule has 0 aliphatic carbocycles. The molecule has 20 heavy (non-hydrogen) atoms. The van der Waals surface area contributed by atoms with E-state index < -0.39 is 0 Å². The van der Waals surface area contributed by atoms with Crippen LogP contribution in [-0.2, 0) is 0 Å². The zero-order valence-electron chi connectivity index (χ0n) is 12.0. The second-order valence-electron chi connectivity index (χ2n) is 4.82. The minimum absolute atomic E-state index is 0.0321. The highest BCUT2D eigenvalue weighted by atomic mass is 16.5. The van der Waals surface area contributed by atoms with Crippen LogP contribution in [0.5, 0.6) is 5.75 Å². The Morgan fingerprint density at radius 1 is 1.10 bits per heavy atom. The van der Waals surface area contributed by atoms with Crippen molar-refractivity contribution >= 4 is 5.69 Å². The highest BCUT2D eigenvalue weighted by Gasteiger charge is 2.07. The molecular weight excluding hydrogens is 250 g/mol. The summed E-state index contributed by atoms with van der Waals surface area (Å²) in [6, 6.07) is 16.4. The minimum atomic E-state index is 0.0321. The zero-order chi connectivity index (χ0) is 14.4. The fourth-order valence-corrected chi connectivity index (χ4v) is 2.21. The van der Waals surface area contributed by atoms with E-state index in [2.05, 4.69) is 43.4 Å². The van der Waals surface area contributed by atoms with Crippen LogP contribution in [0, 0.1) is 6.92 Å². The summed E-state index contributed by atoms with van der Waals surface area (Å²) in [5.41, 5.74) is 3.64. The molecule has 0 aromatic heterocycles. The number of ether oxygens (including phenoxy) is 1. The number of aliphatic hydroxyl groups excluding tert-OH is 1. The first-order chi connectivity index (χ1) is 9.70. The molecule has 0 amide bonds. The van der Waals surface area contributed by atoms with Crippen molar-refractivity contribution in [1.29, 1.82) is 0 Å². The molecule has 0 aliphatic rings. The summed E-state index contributed by atoms with van der Waals surface area (Å²) in [6.45, 7) is 4.63. The fraction of sp³-hybridized carbons (Fsp3) is 0.294. The van der Waals surface area contributed by atoms with Gasteiger partial charge in [-0.3, -0.25) is 0 Å². The third-order valence-electron chi connectivity index (χ3n) is 3.25. The van der Waals surface area contributed by atoms with Crippen LogP contribution in [0.25, 0.3) is 0 Å². The predicted molar refractivity (Wildman–Crippen MR) is 82.2 cm³/mol. The Kier molecular flexibility index (Phi) is 5.02. The lowest BCUT2D eigenvalue weighted by molar-refractivity contribution is 0.201. The summed E-state index contributed by atoms with van der Waals surface area (Å²) in [5.74, 6) is 0.771. The Hall–Kier alpha value is -2.00. The molecule has 2 N–H and O–H groups in total. The summed E-state index contributed by atoms with van der Waals surface area (Å²) in [5, 5.41) is 12.2. The normalized spacial score (nSPS) is 11.9.